The van der Waals surface area contributed by atoms with Crippen molar-refractivity contribution in [1.29, 1.82) is 0 Å². The van der Waals surface area contributed by atoms with Gasteiger partial charge in [-0.15, -0.1) is 0 Å². The fraction of sp³-hybridized carbons (Fsp3) is 0.111. The van der Waals surface area contributed by atoms with Gasteiger partial charge in [0.2, 0.25) is 0 Å². The molecule has 0 aliphatic heterocycles. The van der Waals surface area contributed by atoms with Gasteiger partial charge in [0.25, 0.3) is 5.91 Å². The second-order valence-electron chi connectivity index (χ2n) is 5.55. The van der Waals surface area contributed by atoms with Gasteiger partial charge in [-0.2, -0.15) is 18.3 Å². The number of carbonyl (C=O) groups is 1. The predicted octanol–water partition coefficient (Wildman–Crippen LogP) is 4.79. The molecule has 8 heteroatoms. The SMILES string of the molecule is O=C(NCc1ccc(C(F)(F)F)cc1)c1cn[nH]c1-c1cccc(Br)c1. The molecule has 0 aliphatic rings. The van der Waals surface area contributed by atoms with Crippen LogP contribution in [0.4, 0.5) is 13.2 Å². The first-order valence-corrected chi connectivity index (χ1v) is 8.37. The zero-order valence-corrected chi connectivity index (χ0v) is 14.9. The fourth-order valence-corrected chi connectivity index (χ4v) is 2.81. The third-order valence-electron chi connectivity index (χ3n) is 3.73. The van der Waals surface area contributed by atoms with Crippen LogP contribution >= 0.6 is 15.9 Å². The van der Waals surface area contributed by atoms with Gasteiger partial charge in [-0.25, -0.2) is 0 Å². The number of H-pyrrole nitrogens is 1. The summed E-state index contributed by atoms with van der Waals surface area (Å²) in [6, 6.07) is 12.1. The molecule has 0 bridgehead atoms. The van der Waals surface area contributed by atoms with Gasteiger partial charge in [0, 0.05) is 16.6 Å². The molecule has 0 saturated heterocycles. The van der Waals surface area contributed by atoms with Crippen LogP contribution in [0.25, 0.3) is 11.3 Å². The Kier molecular flexibility index (Phi) is 5.13. The first kappa shape index (κ1) is 18.2. The third-order valence-corrected chi connectivity index (χ3v) is 4.22. The lowest BCUT2D eigenvalue weighted by Gasteiger charge is -2.09. The molecule has 2 aromatic carbocycles. The number of rotatable bonds is 4. The van der Waals surface area contributed by atoms with Crippen LogP contribution in [-0.2, 0) is 12.7 Å². The van der Waals surface area contributed by atoms with Gasteiger partial charge in [0.05, 0.1) is 23.0 Å². The highest BCUT2D eigenvalue weighted by Crippen LogP contribution is 2.29. The lowest BCUT2D eigenvalue weighted by Crippen LogP contribution is -2.23. The smallest absolute Gasteiger partial charge is 0.348 e. The highest BCUT2D eigenvalue weighted by Gasteiger charge is 2.29. The Morgan fingerprint density at radius 1 is 1.15 bits per heavy atom. The van der Waals surface area contributed by atoms with E-state index < -0.39 is 11.7 Å². The van der Waals surface area contributed by atoms with Crippen LogP contribution in [-0.4, -0.2) is 16.1 Å². The molecular weight excluding hydrogens is 411 g/mol. The Morgan fingerprint density at radius 2 is 1.88 bits per heavy atom. The van der Waals surface area contributed by atoms with E-state index in [2.05, 4.69) is 31.4 Å². The minimum Gasteiger partial charge on any atom is -0.348 e. The molecule has 0 spiro atoms. The largest absolute Gasteiger partial charge is 0.416 e. The van der Waals surface area contributed by atoms with Crippen LogP contribution < -0.4 is 5.32 Å². The van der Waals surface area contributed by atoms with Gasteiger partial charge >= 0.3 is 6.18 Å². The Morgan fingerprint density at radius 3 is 2.54 bits per heavy atom. The highest BCUT2D eigenvalue weighted by molar-refractivity contribution is 9.10. The van der Waals surface area contributed by atoms with Crippen molar-refractivity contribution < 1.29 is 18.0 Å². The standard InChI is InChI=1S/C18H13BrF3N3O/c19-14-3-1-2-12(8-14)16-15(10-24-25-16)17(26)23-9-11-4-6-13(7-5-11)18(20,21)22/h1-8,10H,9H2,(H,23,26)(H,24,25). The van der Waals surface area contributed by atoms with E-state index in [1.54, 1.807) is 0 Å². The van der Waals surface area contributed by atoms with Crippen molar-refractivity contribution in [2.75, 3.05) is 0 Å². The summed E-state index contributed by atoms with van der Waals surface area (Å²) < 4.78 is 38.6. The van der Waals surface area contributed by atoms with E-state index in [1.165, 1.54) is 18.3 Å². The van der Waals surface area contributed by atoms with Gasteiger partial charge in [-0.1, -0.05) is 40.2 Å². The second-order valence-corrected chi connectivity index (χ2v) is 6.46. The van der Waals surface area contributed by atoms with Crippen molar-refractivity contribution in [1.82, 2.24) is 15.5 Å². The minimum absolute atomic E-state index is 0.111. The van der Waals surface area contributed by atoms with Crippen molar-refractivity contribution >= 4 is 21.8 Å². The van der Waals surface area contributed by atoms with Gasteiger partial charge in [-0.3, -0.25) is 9.89 Å². The molecule has 1 aromatic heterocycles. The number of nitrogens with zero attached hydrogens (tertiary/aromatic N) is 1. The molecule has 1 heterocycles. The van der Waals surface area contributed by atoms with Crippen LogP contribution in [0.5, 0.6) is 0 Å². The van der Waals surface area contributed by atoms with E-state index in [4.69, 9.17) is 0 Å². The maximum Gasteiger partial charge on any atom is 0.416 e. The molecule has 2 N–H and O–H groups in total. The summed E-state index contributed by atoms with van der Waals surface area (Å²) in [7, 11) is 0. The zero-order valence-electron chi connectivity index (χ0n) is 13.3. The Hall–Kier alpha value is -2.61. The molecule has 134 valence electrons. The van der Waals surface area contributed by atoms with Crippen molar-refractivity contribution in [3.63, 3.8) is 0 Å². The van der Waals surface area contributed by atoms with Crippen LogP contribution in [0.3, 0.4) is 0 Å². The lowest BCUT2D eigenvalue weighted by atomic mass is 10.1. The van der Waals surface area contributed by atoms with Crippen LogP contribution in [0.15, 0.2) is 59.2 Å². The van der Waals surface area contributed by atoms with E-state index >= 15 is 0 Å². The topological polar surface area (TPSA) is 57.8 Å². The summed E-state index contributed by atoms with van der Waals surface area (Å²) in [6.07, 6.45) is -2.96. The average molecular weight is 424 g/mol. The number of hydrogen-bond acceptors (Lipinski definition) is 2. The van der Waals surface area contributed by atoms with E-state index in [-0.39, 0.29) is 12.5 Å². The van der Waals surface area contributed by atoms with Gasteiger partial charge in [0.1, 0.15) is 0 Å². The number of aromatic amines is 1. The number of halogens is 4. The number of hydrogen-bond donors (Lipinski definition) is 2. The molecule has 1 amide bonds. The van der Waals surface area contributed by atoms with Crippen LogP contribution in [0.1, 0.15) is 21.5 Å². The van der Waals surface area contributed by atoms with Crippen molar-refractivity contribution in [2.24, 2.45) is 0 Å². The number of carbonyl (C=O) groups excluding carboxylic acids is 1. The Balaban J connectivity index is 1.71. The molecule has 0 atom stereocenters. The summed E-state index contributed by atoms with van der Waals surface area (Å²) in [5, 5.41) is 9.40. The van der Waals surface area contributed by atoms with Crippen LogP contribution in [0, 0.1) is 0 Å². The molecule has 0 fully saturated rings. The summed E-state index contributed by atoms with van der Waals surface area (Å²) in [5.41, 5.74) is 1.56. The number of aromatic nitrogens is 2. The number of amides is 1. The Bertz CT molecular complexity index is 920. The van der Waals surface area contributed by atoms with Crippen molar-refractivity contribution in [3.8, 4) is 11.3 Å². The van der Waals surface area contributed by atoms with Gasteiger partial charge in [0.15, 0.2) is 0 Å². The summed E-state index contributed by atoms with van der Waals surface area (Å²) >= 11 is 3.38. The monoisotopic (exact) mass is 423 g/mol. The van der Waals surface area contributed by atoms with Gasteiger partial charge < -0.3 is 5.32 Å². The summed E-state index contributed by atoms with van der Waals surface area (Å²) in [4.78, 5) is 12.4. The zero-order chi connectivity index (χ0) is 18.7. The minimum atomic E-state index is -4.38. The number of benzene rings is 2. The quantitative estimate of drug-likeness (QED) is 0.633. The van der Waals surface area contributed by atoms with E-state index in [0.717, 1.165) is 22.2 Å². The maximum absolute atomic E-state index is 12.6. The van der Waals surface area contributed by atoms with E-state index in [1.807, 2.05) is 24.3 Å². The van der Waals surface area contributed by atoms with Crippen molar-refractivity contribution in [2.45, 2.75) is 12.7 Å². The molecule has 26 heavy (non-hydrogen) atoms. The molecule has 0 unspecified atom stereocenters. The predicted molar refractivity (Wildman–Crippen MR) is 94.3 cm³/mol. The maximum atomic E-state index is 12.6. The van der Waals surface area contributed by atoms with Crippen LogP contribution in [0.2, 0.25) is 0 Å². The van der Waals surface area contributed by atoms with Crippen molar-refractivity contribution in [3.05, 3.63) is 75.9 Å². The highest BCUT2D eigenvalue weighted by atomic mass is 79.9. The Labute approximate surface area is 155 Å². The molecule has 0 aliphatic carbocycles. The molecule has 3 rings (SSSR count). The summed E-state index contributed by atoms with van der Waals surface area (Å²) in [5.74, 6) is -0.367. The third kappa shape index (κ3) is 4.13. The first-order valence-electron chi connectivity index (χ1n) is 7.58. The van der Waals surface area contributed by atoms with E-state index in [9.17, 15) is 18.0 Å². The molecule has 4 nitrogen and oxygen atoms in total. The van der Waals surface area contributed by atoms with Gasteiger partial charge in [-0.05, 0) is 29.8 Å². The first-order chi connectivity index (χ1) is 12.3. The molecule has 0 saturated carbocycles. The lowest BCUT2D eigenvalue weighted by molar-refractivity contribution is -0.137. The average Bonchev–Trinajstić information content (AvgIpc) is 3.09. The van der Waals surface area contributed by atoms with E-state index in [0.29, 0.717) is 16.8 Å². The second kappa shape index (κ2) is 7.33. The summed E-state index contributed by atoms with van der Waals surface area (Å²) in [6.45, 7) is 0.111. The fourth-order valence-electron chi connectivity index (χ4n) is 2.41. The number of nitrogens with one attached hydrogen (secondary N) is 2. The molecule has 0 radical (unpaired) electrons. The molecule has 3 aromatic rings. The molecular formula is C18H13BrF3N3O. The normalized spacial score (nSPS) is 11.4. The number of alkyl halides is 3.